The Labute approximate surface area is 268 Å². The van der Waals surface area contributed by atoms with Crippen molar-refractivity contribution in [2.45, 2.75) is 88.9 Å². The largest absolute Gasteiger partial charge is 0.393 e. The van der Waals surface area contributed by atoms with E-state index in [0.717, 1.165) is 25.9 Å². The minimum atomic E-state index is -4.44. The van der Waals surface area contributed by atoms with E-state index in [1.54, 1.807) is 16.9 Å². The van der Waals surface area contributed by atoms with E-state index in [2.05, 4.69) is 20.6 Å². The summed E-state index contributed by atoms with van der Waals surface area (Å²) >= 11 is 0. The predicted octanol–water partition coefficient (Wildman–Crippen LogP) is 4.30. The summed E-state index contributed by atoms with van der Waals surface area (Å²) in [6.07, 6.45) is -0.459. The highest BCUT2D eigenvalue weighted by Gasteiger charge is 2.45. The van der Waals surface area contributed by atoms with Gasteiger partial charge in [-0.25, -0.2) is 23.3 Å². The van der Waals surface area contributed by atoms with Gasteiger partial charge in [-0.15, -0.1) is 0 Å². The number of aromatic nitrogens is 6. The van der Waals surface area contributed by atoms with E-state index in [0.29, 0.717) is 29.3 Å². The number of imidazole rings is 1. The minimum Gasteiger partial charge on any atom is -0.355 e. The van der Waals surface area contributed by atoms with E-state index in [1.165, 1.54) is 10.7 Å². The van der Waals surface area contributed by atoms with Gasteiger partial charge in [-0.1, -0.05) is 0 Å². The van der Waals surface area contributed by atoms with Crippen LogP contribution in [-0.4, -0.2) is 84.9 Å². The highest BCUT2D eigenvalue weighted by atomic mass is 19.4. The summed E-state index contributed by atoms with van der Waals surface area (Å²) in [7, 11) is 2.01. The zero-order chi connectivity index (χ0) is 33.5. The van der Waals surface area contributed by atoms with E-state index in [4.69, 9.17) is 15.1 Å². The number of likely N-dealkylation sites (tertiary alicyclic amines) is 1. The number of aryl methyl sites for hydroxylation is 1. The van der Waals surface area contributed by atoms with Gasteiger partial charge in [-0.3, -0.25) is 14.3 Å². The fourth-order valence-electron chi connectivity index (χ4n) is 7.17. The molecule has 0 bridgehead atoms. The lowest BCUT2D eigenvalue weighted by atomic mass is 9.81. The summed E-state index contributed by atoms with van der Waals surface area (Å²) in [5, 5.41) is 14.4. The summed E-state index contributed by atoms with van der Waals surface area (Å²) in [5.41, 5.74) is 1.77. The summed E-state index contributed by atoms with van der Waals surface area (Å²) < 4.78 is 72.2. The molecule has 2 saturated heterocycles. The molecular weight excluding hydrogens is 625 g/mol. The van der Waals surface area contributed by atoms with E-state index in [-0.39, 0.29) is 56.1 Å². The highest BCUT2D eigenvalue weighted by molar-refractivity contribution is 5.92. The number of nitrogens with one attached hydrogen (secondary N) is 2. The monoisotopic (exact) mass is 665 g/mol. The fourth-order valence-corrected chi connectivity index (χ4v) is 7.17. The van der Waals surface area contributed by atoms with Crippen molar-refractivity contribution < 1.29 is 31.5 Å². The first kappa shape index (κ1) is 33.2. The number of alkyl halides is 5. The van der Waals surface area contributed by atoms with Crippen molar-refractivity contribution in [1.82, 2.24) is 44.9 Å². The molecule has 16 heteroatoms. The van der Waals surface area contributed by atoms with Gasteiger partial charge in [0.2, 0.25) is 11.8 Å². The molecule has 1 saturated carbocycles. The smallest absolute Gasteiger partial charge is 0.355 e. The molecule has 0 aromatic carbocycles. The lowest BCUT2D eigenvalue weighted by molar-refractivity contribution is -0.183. The first-order valence-corrected chi connectivity index (χ1v) is 16.3. The summed E-state index contributed by atoms with van der Waals surface area (Å²) in [6, 6.07) is 0.858. The molecule has 0 unspecified atom stereocenters. The van der Waals surface area contributed by atoms with E-state index in [1.807, 2.05) is 14.0 Å². The molecule has 3 aromatic heterocycles. The van der Waals surface area contributed by atoms with Gasteiger partial charge in [0.05, 0.1) is 35.2 Å². The van der Waals surface area contributed by atoms with Crippen molar-refractivity contribution in [2.75, 3.05) is 26.7 Å². The normalized spacial score (nSPS) is 23.9. The summed E-state index contributed by atoms with van der Waals surface area (Å²) in [4.78, 5) is 38.0. The van der Waals surface area contributed by atoms with Crippen LogP contribution in [0.5, 0.6) is 0 Å². The summed E-state index contributed by atoms with van der Waals surface area (Å²) in [5.74, 6) is -6.36. The lowest BCUT2D eigenvalue weighted by Crippen LogP contribution is -2.47. The second-order valence-electron chi connectivity index (χ2n) is 13.2. The molecule has 2 aliphatic heterocycles. The van der Waals surface area contributed by atoms with E-state index < -0.39 is 48.3 Å². The molecule has 3 aliphatic rings. The number of nitrogens with zero attached hydrogens (tertiary/aromatic N) is 7. The second-order valence-corrected chi connectivity index (χ2v) is 13.2. The SMILES string of the molecule is CCn1nccc1C(=O)N[C@H](c1cn2nc(C[C@H]3C[C@@H](C(F)(F)F)CNC3=O)c(C3CCN(C)CC3)nc2n1)C1CCC(F)(F)CC1. The van der Waals surface area contributed by atoms with Crippen LogP contribution in [0, 0.1) is 17.8 Å². The first-order valence-electron chi connectivity index (χ1n) is 16.3. The molecule has 11 nitrogen and oxygen atoms in total. The highest BCUT2D eigenvalue weighted by Crippen LogP contribution is 2.42. The third-order valence-electron chi connectivity index (χ3n) is 9.99. The third kappa shape index (κ3) is 7.26. The fraction of sp³-hybridized carbons (Fsp3) is 0.677. The van der Waals surface area contributed by atoms with Gasteiger partial charge in [-0.2, -0.15) is 23.4 Å². The molecule has 3 atom stereocenters. The van der Waals surface area contributed by atoms with Gasteiger partial charge < -0.3 is 15.5 Å². The number of hydrogen-bond donors (Lipinski definition) is 2. The number of amides is 2. The van der Waals surface area contributed by atoms with Crippen molar-refractivity contribution >= 4 is 17.6 Å². The molecule has 2 amide bonds. The number of halogens is 5. The average Bonchev–Trinajstić information content (AvgIpc) is 3.67. The van der Waals surface area contributed by atoms with Crippen molar-refractivity contribution in [3.05, 3.63) is 41.2 Å². The Morgan fingerprint density at radius 2 is 1.87 bits per heavy atom. The summed E-state index contributed by atoms with van der Waals surface area (Å²) in [6.45, 7) is 3.46. The third-order valence-corrected chi connectivity index (χ3v) is 9.99. The maximum absolute atomic E-state index is 14.2. The topological polar surface area (TPSA) is 122 Å². The van der Waals surface area contributed by atoms with Crippen LogP contribution in [0.1, 0.15) is 91.4 Å². The molecular formula is C31H40F5N9O2. The Kier molecular flexibility index (Phi) is 9.24. The van der Waals surface area contributed by atoms with Crippen molar-refractivity contribution in [2.24, 2.45) is 17.8 Å². The molecule has 47 heavy (non-hydrogen) atoms. The minimum absolute atomic E-state index is 0.0184. The van der Waals surface area contributed by atoms with Gasteiger partial charge in [0.25, 0.3) is 11.7 Å². The van der Waals surface area contributed by atoms with Crippen LogP contribution in [-0.2, 0) is 17.8 Å². The standard InChI is InChI=1S/C31H40F5N9O2/c1-3-44-24(6-11-38-44)28(47)40-26(18-4-9-30(32,33)10-5-18)23-17-45-29(39-23)41-25(19-7-12-43(2)13-8-19)22(42-45)15-20-14-21(31(34,35)36)16-37-27(20)46/h6,11,17-21,26H,3-5,7-10,12-16H2,1-2H3,(H,37,46)(H,40,47)/t20-,21-,26+/m1/s1. The molecule has 3 fully saturated rings. The second kappa shape index (κ2) is 13.1. The number of carbonyl (C=O) groups is 2. The van der Waals surface area contributed by atoms with Crippen LogP contribution in [0.15, 0.2) is 18.5 Å². The predicted molar refractivity (Wildman–Crippen MR) is 160 cm³/mol. The maximum atomic E-state index is 14.2. The van der Waals surface area contributed by atoms with Crippen LogP contribution in [0.3, 0.4) is 0 Å². The number of rotatable bonds is 8. The Bertz CT molecular complexity index is 1590. The molecule has 256 valence electrons. The van der Waals surface area contributed by atoms with E-state index in [9.17, 15) is 31.5 Å². The molecule has 5 heterocycles. The molecule has 1 aliphatic carbocycles. The molecule has 0 spiro atoms. The van der Waals surface area contributed by atoms with Gasteiger partial charge in [0.1, 0.15) is 5.69 Å². The van der Waals surface area contributed by atoms with E-state index >= 15 is 0 Å². The Balaban J connectivity index is 1.36. The number of fused-ring (bicyclic) bond motifs is 1. The van der Waals surface area contributed by atoms with Gasteiger partial charge >= 0.3 is 6.18 Å². The van der Waals surface area contributed by atoms with Crippen LogP contribution in [0.2, 0.25) is 0 Å². The Morgan fingerprint density at radius 3 is 2.55 bits per heavy atom. The maximum Gasteiger partial charge on any atom is 0.393 e. The molecule has 0 radical (unpaired) electrons. The molecule has 6 rings (SSSR count). The number of hydrogen-bond acceptors (Lipinski definition) is 7. The number of piperidine rings is 2. The number of carbonyl (C=O) groups excluding carboxylic acids is 2. The van der Waals surface area contributed by atoms with Crippen LogP contribution in [0.4, 0.5) is 22.0 Å². The first-order chi connectivity index (χ1) is 22.3. The van der Waals surface area contributed by atoms with Crippen molar-refractivity contribution in [3.63, 3.8) is 0 Å². The van der Waals surface area contributed by atoms with Crippen molar-refractivity contribution in [3.8, 4) is 0 Å². The van der Waals surface area contributed by atoms with Crippen LogP contribution in [0.25, 0.3) is 5.78 Å². The van der Waals surface area contributed by atoms with Gasteiger partial charge in [0, 0.05) is 50.4 Å². The van der Waals surface area contributed by atoms with Gasteiger partial charge in [0.15, 0.2) is 0 Å². The van der Waals surface area contributed by atoms with Gasteiger partial charge in [-0.05, 0) is 71.1 Å². The van der Waals surface area contributed by atoms with Crippen LogP contribution >= 0.6 is 0 Å². The Morgan fingerprint density at radius 1 is 1.15 bits per heavy atom. The molecule has 2 N–H and O–H groups in total. The lowest BCUT2D eigenvalue weighted by Gasteiger charge is -2.33. The zero-order valence-corrected chi connectivity index (χ0v) is 26.4. The van der Waals surface area contributed by atoms with Crippen LogP contribution < -0.4 is 10.6 Å². The quantitative estimate of drug-likeness (QED) is 0.344. The Hall–Kier alpha value is -3.69. The molecule has 3 aromatic rings. The van der Waals surface area contributed by atoms with Crippen molar-refractivity contribution in [1.29, 1.82) is 0 Å². The average molecular weight is 666 g/mol. The zero-order valence-electron chi connectivity index (χ0n) is 26.4.